The van der Waals surface area contributed by atoms with Crippen LogP contribution in [-0.4, -0.2) is 7.38 Å². The van der Waals surface area contributed by atoms with E-state index in [4.69, 9.17) is 11.1 Å². The summed E-state index contributed by atoms with van der Waals surface area (Å²) in [6.45, 7) is 11.2. The van der Waals surface area contributed by atoms with Crippen molar-refractivity contribution in [1.29, 1.82) is 0 Å². The molecule has 0 aliphatic carbocycles. The lowest BCUT2D eigenvalue weighted by Crippen LogP contribution is -2.25. The molecule has 0 heterocycles. The number of allylic oxidation sites excluding steroid dienone is 3. The Morgan fingerprint density at radius 1 is 0.786 bits per heavy atom. The predicted octanol–water partition coefficient (Wildman–Crippen LogP) is 4.90. The van der Waals surface area contributed by atoms with E-state index in [1.165, 1.54) is 0 Å². The zero-order chi connectivity index (χ0) is 10.9. The predicted molar refractivity (Wildman–Crippen MR) is 70.5 cm³/mol. The van der Waals surface area contributed by atoms with Crippen LogP contribution < -0.4 is 0 Å². The molecule has 0 aromatic heterocycles. The van der Waals surface area contributed by atoms with E-state index in [0.29, 0.717) is 0 Å². The van der Waals surface area contributed by atoms with Gasteiger partial charge in [0.1, 0.15) is 0 Å². The van der Waals surface area contributed by atoms with Gasteiger partial charge in [-0.3, -0.25) is 0 Å². The van der Waals surface area contributed by atoms with Crippen LogP contribution >= 0.6 is 11.1 Å². The maximum Gasteiger partial charge on any atom is 0.157 e. The lowest BCUT2D eigenvalue weighted by molar-refractivity contribution is 1.04. The van der Waals surface area contributed by atoms with Gasteiger partial charge < -0.3 is 0 Å². The summed E-state index contributed by atoms with van der Waals surface area (Å²) in [5.41, 5.74) is 0. The minimum atomic E-state index is -1.55. The summed E-state index contributed by atoms with van der Waals surface area (Å²) in [6.07, 6.45) is 9.03. The Balaban J connectivity index is 4.07. The molecule has 0 aromatic rings. The Morgan fingerprint density at radius 3 is 1.29 bits per heavy atom. The summed E-state index contributed by atoms with van der Waals surface area (Å²) < 4.78 is 0. The highest BCUT2D eigenvalue weighted by Crippen LogP contribution is 2.30. The molecule has 0 rings (SSSR count). The summed E-state index contributed by atoms with van der Waals surface area (Å²) >= 11 is 6.67. The summed E-state index contributed by atoms with van der Waals surface area (Å²) in [5, 5.41) is 0. The molecular formula is C12H21ClSi. The quantitative estimate of drug-likeness (QED) is 0.299. The average Bonchev–Trinajstić information content (AvgIpc) is 2.21. The van der Waals surface area contributed by atoms with E-state index < -0.39 is 7.38 Å². The van der Waals surface area contributed by atoms with Crippen molar-refractivity contribution in [3.63, 3.8) is 0 Å². The zero-order valence-corrected chi connectivity index (χ0v) is 10.7. The number of rotatable bonds is 9. The van der Waals surface area contributed by atoms with E-state index in [-0.39, 0.29) is 0 Å². The first-order valence-electron chi connectivity index (χ1n) is 5.20. The van der Waals surface area contributed by atoms with Gasteiger partial charge in [0, 0.05) is 0 Å². The Morgan fingerprint density at radius 2 is 1.07 bits per heavy atom. The van der Waals surface area contributed by atoms with Crippen molar-refractivity contribution >= 4 is 18.5 Å². The molecule has 0 atom stereocenters. The van der Waals surface area contributed by atoms with Crippen molar-refractivity contribution in [1.82, 2.24) is 0 Å². The minimum absolute atomic E-state index is 1.05. The molecule has 0 nitrogen and oxygen atoms in total. The molecule has 0 radical (unpaired) electrons. The van der Waals surface area contributed by atoms with Crippen LogP contribution in [0.4, 0.5) is 0 Å². The molecule has 80 valence electrons. The number of hydrogen-bond donors (Lipinski definition) is 0. The third-order valence-electron chi connectivity index (χ3n) is 2.39. The first-order chi connectivity index (χ1) is 6.68. The Kier molecular flexibility index (Phi) is 7.91. The van der Waals surface area contributed by atoms with E-state index in [0.717, 1.165) is 37.4 Å². The molecule has 0 aliphatic heterocycles. The van der Waals surface area contributed by atoms with E-state index in [9.17, 15) is 0 Å². The molecule has 0 amide bonds. The SMILES string of the molecule is C=CCC[Si](Cl)(CCC=C)CCC=C. The monoisotopic (exact) mass is 228 g/mol. The molecule has 0 unspecified atom stereocenters. The van der Waals surface area contributed by atoms with Crippen molar-refractivity contribution in [2.24, 2.45) is 0 Å². The third kappa shape index (κ3) is 6.22. The highest BCUT2D eigenvalue weighted by molar-refractivity contribution is 7.20. The van der Waals surface area contributed by atoms with Crippen molar-refractivity contribution in [3.8, 4) is 0 Å². The van der Waals surface area contributed by atoms with E-state index in [1.807, 2.05) is 18.2 Å². The van der Waals surface area contributed by atoms with Crippen molar-refractivity contribution in [3.05, 3.63) is 38.0 Å². The molecule has 0 N–H and O–H groups in total. The normalized spacial score (nSPS) is 10.9. The number of hydrogen-bond acceptors (Lipinski definition) is 0. The standard InChI is InChI=1S/C12H21ClSi/c1-4-7-10-14(13,11-8-5-2)12-9-6-3/h4-6H,1-3,7-12H2. The lowest BCUT2D eigenvalue weighted by atomic mass is 10.5. The average molecular weight is 229 g/mol. The second-order valence-corrected chi connectivity index (χ2v) is 9.84. The van der Waals surface area contributed by atoms with Gasteiger partial charge in [-0.15, -0.1) is 19.7 Å². The van der Waals surface area contributed by atoms with Crippen LogP contribution in [0, 0.1) is 0 Å². The fourth-order valence-electron chi connectivity index (χ4n) is 1.46. The second kappa shape index (κ2) is 8.07. The van der Waals surface area contributed by atoms with Gasteiger partial charge in [-0.2, -0.15) is 11.1 Å². The number of halogens is 1. The fraction of sp³-hybridized carbons (Fsp3) is 0.500. The van der Waals surface area contributed by atoms with E-state index in [2.05, 4.69) is 19.7 Å². The zero-order valence-electron chi connectivity index (χ0n) is 8.97. The summed E-state index contributed by atoms with van der Waals surface area (Å²) in [6, 6.07) is 3.42. The molecule has 14 heavy (non-hydrogen) atoms. The highest BCUT2D eigenvalue weighted by atomic mass is 35.6. The van der Waals surface area contributed by atoms with Crippen LogP contribution in [0.3, 0.4) is 0 Å². The van der Waals surface area contributed by atoms with Gasteiger partial charge in [-0.25, -0.2) is 0 Å². The van der Waals surface area contributed by atoms with E-state index in [1.54, 1.807) is 0 Å². The molecule has 0 bridgehead atoms. The lowest BCUT2D eigenvalue weighted by Gasteiger charge is -2.22. The topological polar surface area (TPSA) is 0 Å². The molecule has 0 spiro atoms. The van der Waals surface area contributed by atoms with Gasteiger partial charge in [0.05, 0.1) is 0 Å². The largest absolute Gasteiger partial charge is 0.167 e. The third-order valence-corrected chi connectivity index (χ3v) is 7.64. The van der Waals surface area contributed by atoms with Crippen molar-refractivity contribution in [2.75, 3.05) is 0 Å². The Bertz CT molecular complexity index is 155. The van der Waals surface area contributed by atoms with Crippen LogP contribution in [-0.2, 0) is 0 Å². The molecule has 0 fully saturated rings. The van der Waals surface area contributed by atoms with Crippen LogP contribution in [0.25, 0.3) is 0 Å². The van der Waals surface area contributed by atoms with Gasteiger partial charge in [0.2, 0.25) is 0 Å². The summed E-state index contributed by atoms with van der Waals surface area (Å²) in [7, 11) is -1.55. The van der Waals surface area contributed by atoms with Gasteiger partial charge in [-0.1, -0.05) is 18.2 Å². The van der Waals surface area contributed by atoms with E-state index >= 15 is 0 Å². The molecule has 0 aromatic carbocycles. The van der Waals surface area contributed by atoms with Crippen LogP contribution in [0.1, 0.15) is 19.3 Å². The van der Waals surface area contributed by atoms with Gasteiger partial charge >= 0.3 is 0 Å². The molecule has 0 saturated heterocycles. The fourth-order valence-corrected chi connectivity index (χ4v) is 5.35. The minimum Gasteiger partial charge on any atom is -0.167 e. The first-order valence-corrected chi connectivity index (χ1v) is 8.83. The summed E-state index contributed by atoms with van der Waals surface area (Å²) in [4.78, 5) is 0. The van der Waals surface area contributed by atoms with Crippen molar-refractivity contribution < 1.29 is 0 Å². The van der Waals surface area contributed by atoms with Crippen LogP contribution in [0.2, 0.25) is 18.1 Å². The molecule has 2 heteroatoms. The smallest absolute Gasteiger partial charge is 0.157 e. The molecular weight excluding hydrogens is 208 g/mol. The maximum atomic E-state index is 6.67. The Hall–Kier alpha value is -0.273. The molecule has 0 aliphatic rings. The van der Waals surface area contributed by atoms with Gasteiger partial charge in [0.15, 0.2) is 7.38 Å². The Labute approximate surface area is 94.1 Å². The van der Waals surface area contributed by atoms with Gasteiger partial charge in [0.25, 0.3) is 0 Å². The maximum absolute atomic E-state index is 6.67. The summed E-state index contributed by atoms with van der Waals surface area (Å²) in [5.74, 6) is 0. The van der Waals surface area contributed by atoms with Gasteiger partial charge in [-0.05, 0) is 37.4 Å². The first kappa shape index (κ1) is 13.7. The van der Waals surface area contributed by atoms with Crippen LogP contribution in [0.15, 0.2) is 38.0 Å². The van der Waals surface area contributed by atoms with Crippen LogP contribution in [0.5, 0.6) is 0 Å². The molecule has 0 saturated carbocycles. The second-order valence-electron chi connectivity index (χ2n) is 3.63. The highest BCUT2D eigenvalue weighted by Gasteiger charge is 2.27. The van der Waals surface area contributed by atoms with Crippen molar-refractivity contribution in [2.45, 2.75) is 37.4 Å².